The molecule has 2 aliphatic rings. The summed E-state index contributed by atoms with van der Waals surface area (Å²) in [5, 5.41) is 3.50. The average Bonchev–Trinajstić information content (AvgIpc) is 2.75. The molecule has 2 unspecified atom stereocenters. The first-order valence-electron chi connectivity index (χ1n) is 5.98. The van der Waals surface area contributed by atoms with Crippen molar-refractivity contribution >= 4 is 11.8 Å². The molecule has 0 bridgehead atoms. The Bertz CT molecular complexity index is 447. The van der Waals surface area contributed by atoms with Gasteiger partial charge in [0.1, 0.15) is 0 Å². The minimum Gasteiger partial charge on any atom is -0.453 e. The van der Waals surface area contributed by atoms with E-state index in [0.29, 0.717) is 12.0 Å². The highest BCUT2D eigenvalue weighted by Crippen LogP contribution is 2.40. The van der Waals surface area contributed by atoms with Crippen molar-refractivity contribution in [3.63, 3.8) is 0 Å². The summed E-state index contributed by atoms with van der Waals surface area (Å²) < 4.78 is 4.77. The van der Waals surface area contributed by atoms with Crippen LogP contribution in [0.25, 0.3) is 0 Å². The number of hydrogen-bond donors (Lipinski definition) is 1. The molecule has 1 N–H and O–H groups in total. The number of fused-ring (bicyclic) bond motifs is 3. The fourth-order valence-corrected chi connectivity index (χ4v) is 2.92. The maximum atomic E-state index is 11.5. The minimum absolute atomic E-state index is 0.221. The van der Waals surface area contributed by atoms with E-state index < -0.39 is 0 Å². The molecular formula is C13H16N2O2. The van der Waals surface area contributed by atoms with Gasteiger partial charge >= 0.3 is 6.09 Å². The molecule has 3 rings (SSSR count). The molecule has 1 fully saturated rings. The Balaban J connectivity index is 1.79. The molecule has 0 aromatic heterocycles. The quantitative estimate of drug-likeness (QED) is 0.744. The molecule has 2 heterocycles. The van der Waals surface area contributed by atoms with E-state index in [1.807, 2.05) is 6.07 Å². The lowest BCUT2D eigenvalue weighted by molar-refractivity contribution is 0.110. The van der Waals surface area contributed by atoms with Crippen LogP contribution in [-0.2, 0) is 4.74 Å². The van der Waals surface area contributed by atoms with Crippen LogP contribution < -0.4 is 5.32 Å². The van der Waals surface area contributed by atoms with Crippen LogP contribution >= 0.6 is 0 Å². The molecule has 17 heavy (non-hydrogen) atoms. The van der Waals surface area contributed by atoms with Crippen LogP contribution in [0.1, 0.15) is 17.9 Å². The first kappa shape index (κ1) is 10.4. The number of carbonyl (C=O) groups excluding carboxylic acids is 1. The van der Waals surface area contributed by atoms with E-state index in [4.69, 9.17) is 4.74 Å². The van der Waals surface area contributed by atoms with Crippen LogP contribution in [0, 0.1) is 0 Å². The van der Waals surface area contributed by atoms with Crippen molar-refractivity contribution in [1.29, 1.82) is 0 Å². The summed E-state index contributed by atoms with van der Waals surface area (Å²) in [5.41, 5.74) is 2.61. The third kappa shape index (κ3) is 1.64. The molecule has 1 amide bonds. The monoisotopic (exact) mass is 232 g/mol. The molecule has 0 saturated carbocycles. The molecule has 1 aromatic rings. The molecule has 1 saturated heterocycles. The number of rotatable bonds is 0. The summed E-state index contributed by atoms with van der Waals surface area (Å²) in [6.45, 7) is 1.51. The lowest BCUT2D eigenvalue weighted by Crippen LogP contribution is -2.46. The summed E-state index contributed by atoms with van der Waals surface area (Å²) in [7, 11) is 1.44. The van der Waals surface area contributed by atoms with Crippen molar-refractivity contribution in [2.75, 3.05) is 25.5 Å². The van der Waals surface area contributed by atoms with E-state index in [0.717, 1.165) is 19.5 Å². The van der Waals surface area contributed by atoms with Gasteiger partial charge in [0.2, 0.25) is 0 Å². The number of nitrogens with zero attached hydrogens (tertiary/aromatic N) is 1. The Hall–Kier alpha value is -1.71. The molecule has 0 radical (unpaired) electrons. The van der Waals surface area contributed by atoms with Crippen LogP contribution in [0.5, 0.6) is 0 Å². The Morgan fingerprint density at radius 1 is 1.47 bits per heavy atom. The second kappa shape index (κ2) is 3.95. The number of ether oxygens (including phenoxy) is 1. The van der Waals surface area contributed by atoms with E-state index >= 15 is 0 Å². The van der Waals surface area contributed by atoms with E-state index in [9.17, 15) is 4.79 Å². The van der Waals surface area contributed by atoms with Crippen molar-refractivity contribution in [3.05, 3.63) is 29.8 Å². The molecular weight excluding hydrogens is 216 g/mol. The van der Waals surface area contributed by atoms with Gasteiger partial charge in [0.05, 0.1) is 13.2 Å². The fourth-order valence-electron chi connectivity index (χ4n) is 2.92. The van der Waals surface area contributed by atoms with Gasteiger partial charge in [-0.2, -0.15) is 0 Å². The van der Waals surface area contributed by atoms with Gasteiger partial charge in [0, 0.05) is 24.7 Å². The normalized spacial score (nSPS) is 25.8. The SMILES string of the molecule is COC(=O)N1CCC2c3ccccc3NC2C1. The number of piperidine rings is 1. The Kier molecular flexibility index (Phi) is 2.42. The zero-order valence-corrected chi connectivity index (χ0v) is 9.85. The minimum atomic E-state index is -0.221. The number of methoxy groups -OCH3 is 1. The number of nitrogens with one attached hydrogen (secondary N) is 1. The molecule has 2 atom stereocenters. The number of hydrogen-bond acceptors (Lipinski definition) is 3. The smallest absolute Gasteiger partial charge is 0.409 e. The molecule has 0 spiro atoms. The van der Waals surface area contributed by atoms with E-state index in [-0.39, 0.29) is 6.09 Å². The highest BCUT2D eigenvalue weighted by Gasteiger charge is 2.37. The number of amides is 1. The van der Waals surface area contributed by atoms with Crippen molar-refractivity contribution < 1.29 is 9.53 Å². The number of likely N-dealkylation sites (tertiary alicyclic amines) is 1. The van der Waals surface area contributed by atoms with E-state index in [2.05, 4.69) is 23.5 Å². The van der Waals surface area contributed by atoms with E-state index in [1.54, 1.807) is 4.90 Å². The van der Waals surface area contributed by atoms with Gasteiger partial charge in [-0.05, 0) is 18.1 Å². The fraction of sp³-hybridized carbons (Fsp3) is 0.462. The molecule has 4 heteroatoms. The zero-order chi connectivity index (χ0) is 11.8. The average molecular weight is 232 g/mol. The van der Waals surface area contributed by atoms with Gasteiger partial charge in [0.15, 0.2) is 0 Å². The first-order valence-corrected chi connectivity index (χ1v) is 5.98. The second-order valence-electron chi connectivity index (χ2n) is 4.65. The van der Waals surface area contributed by atoms with Gasteiger partial charge in [-0.25, -0.2) is 4.79 Å². The highest BCUT2D eigenvalue weighted by molar-refractivity contribution is 5.68. The molecule has 1 aromatic carbocycles. The van der Waals surface area contributed by atoms with Crippen LogP contribution in [-0.4, -0.2) is 37.2 Å². The lowest BCUT2D eigenvalue weighted by atomic mass is 9.89. The predicted octanol–water partition coefficient (Wildman–Crippen LogP) is 2.04. The second-order valence-corrected chi connectivity index (χ2v) is 4.65. The molecule has 2 aliphatic heterocycles. The third-order valence-corrected chi connectivity index (χ3v) is 3.75. The Morgan fingerprint density at radius 2 is 2.29 bits per heavy atom. The summed E-state index contributed by atoms with van der Waals surface area (Å²) in [6, 6.07) is 8.74. The van der Waals surface area contributed by atoms with Crippen molar-refractivity contribution in [2.45, 2.75) is 18.4 Å². The van der Waals surface area contributed by atoms with Gasteiger partial charge < -0.3 is 15.0 Å². The summed E-state index contributed by atoms with van der Waals surface area (Å²) in [4.78, 5) is 13.3. The molecule has 0 aliphatic carbocycles. The standard InChI is InChI=1S/C13H16N2O2/c1-17-13(16)15-7-6-10-9-4-2-3-5-11(9)14-12(10)8-15/h2-5,10,12,14H,6-8H2,1H3. The van der Waals surface area contributed by atoms with Crippen molar-refractivity contribution in [3.8, 4) is 0 Å². The third-order valence-electron chi connectivity index (χ3n) is 3.75. The number of benzene rings is 1. The summed E-state index contributed by atoms with van der Waals surface area (Å²) in [5.74, 6) is 0.534. The number of anilines is 1. The van der Waals surface area contributed by atoms with Crippen LogP contribution in [0.4, 0.5) is 10.5 Å². The number of para-hydroxylation sites is 1. The predicted molar refractivity (Wildman–Crippen MR) is 65.2 cm³/mol. The maximum Gasteiger partial charge on any atom is 0.409 e. The van der Waals surface area contributed by atoms with Crippen molar-refractivity contribution in [2.24, 2.45) is 0 Å². The summed E-state index contributed by atoms with van der Waals surface area (Å²) in [6.07, 6.45) is 0.783. The van der Waals surface area contributed by atoms with Gasteiger partial charge in [-0.3, -0.25) is 0 Å². The van der Waals surface area contributed by atoms with Crippen molar-refractivity contribution in [1.82, 2.24) is 4.90 Å². The van der Waals surface area contributed by atoms with Gasteiger partial charge in [0.25, 0.3) is 0 Å². The summed E-state index contributed by atoms with van der Waals surface area (Å²) >= 11 is 0. The van der Waals surface area contributed by atoms with Crippen LogP contribution in [0.15, 0.2) is 24.3 Å². The van der Waals surface area contributed by atoms with E-state index in [1.165, 1.54) is 18.4 Å². The molecule has 90 valence electrons. The Labute approximate surface area is 101 Å². The van der Waals surface area contributed by atoms with Gasteiger partial charge in [-0.15, -0.1) is 0 Å². The zero-order valence-electron chi connectivity index (χ0n) is 9.85. The number of carbonyl (C=O) groups is 1. The lowest BCUT2D eigenvalue weighted by Gasteiger charge is -2.34. The largest absolute Gasteiger partial charge is 0.453 e. The van der Waals surface area contributed by atoms with Crippen LogP contribution in [0.3, 0.4) is 0 Å². The van der Waals surface area contributed by atoms with Gasteiger partial charge in [-0.1, -0.05) is 18.2 Å². The molecule has 4 nitrogen and oxygen atoms in total. The Morgan fingerprint density at radius 3 is 3.12 bits per heavy atom. The van der Waals surface area contributed by atoms with Crippen LogP contribution in [0.2, 0.25) is 0 Å². The maximum absolute atomic E-state index is 11.5. The topological polar surface area (TPSA) is 41.6 Å². The first-order chi connectivity index (χ1) is 8.29. The highest BCUT2D eigenvalue weighted by atomic mass is 16.5.